The molecule has 2 aliphatic rings. The molecule has 1 aromatic carbocycles. The smallest absolute Gasteiger partial charge is 0.0991 e. The van der Waals surface area contributed by atoms with Crippen LogP contribution in [0.15, 0.2) is 24.3 Å². The Morgan fingerprint density at radius 3 is 2.75 bits per heavy atom. The number of piperazine rings is 1. The fourth-order valence-corrected chi connectivity index (χ4v) is 2.76. The molecule has 3 heteroatoms. The number of benzene rings is 1. The number of likely N-dealkylation sites (tertiary alicyclic amines) is 1. The molecule has 0 aromatic heterocycles. The zero-order valence-corrected chi connectivity index (χ0v) is 9.19. The minimum absolute atomic E-state index is 0.711. The summed E-state index contributed by atoms with van der Waals surface area (Å²) in [6.45, 7) is 3.33. The number of rotatable bonds is 2. The number of fused-ring (bicyclic) bond motifs is 2. The molecule has 1 N–H and O–H groups in total. The molecule has 82 valence electrons. The minimum Gasteiger partial charge on any atom is -0.311 e. The van der Waals surface area contributed by atoms with E-state index in [4.69, 9.17) is 5.26 Å². The highest BCUT2D eigenvalue weighted by molar-refractivity contribution is 5.31. The molecule has 2 aliphatic heterocycles. The number of nitriles is 1. The fourth-order valence-electron chi connectivity index (χ4n) is 2.76. The summed E-state index contributed by atoms with van der Waals surface area (Å²) in [6, 6.07) is 11.5. The third kappa shape index (κ3) is 1.71. The van der Waals surface area contributed by atoms with Crippen LogP contribution >= 0.6 is 0 Å². The average Bonchev–Trinajstić information content (AvgIpc) is 2.92. The maximum atomic E-state index is 8.73. The molecule has 0 unspecified atom stereocenters. The molecular formula is C13H15N3. The topological polar surface area (TPSA) is 39.1 Å². The summed E-state index contributed by atoms with van der Waals surface area (Å²) in [5, 5.41) is 12.2. The summed E-state index contributed by atoms with van der Waals surface area (Å²) in [5.74, 6) is 0. The molecule has 0 saturated carbocycles. The van der Waals surface area contributed by atoms with Gasteiger partial charge in [-0.2, -0.15) is 5.26 Å². The predicted molar refractivity (Wildman–Crippen MR) is 61.8 cm³/mol. The normalized spacial score (nSPS) is 28.2. The molecule has 0 radical (unpaired) electrons. The van der Waals surface area contributed by atoms with Crippen molar-refractivity contribution in [3.05, 3.63) is 35.4 Å². The van der Waals surface area contributed by atoms with Gasteiger partial charge in [-0.15, -0.1) is 0 Å². The van der Waals surface area contributed by atoms with Crippen LogP contribution in [0.2, 0.25) is 0 Å². The number of hydrogen-bond acceptors (Lipinski definition) is 3. The Bertz CT molecular complexity index is 418. The van der Waals surface area contributed by atoms with Crippen LogP contribution in [-0.2, 0) is 6.54 Å². The van der Waals surface area contributed by atoms with Gasteiger partial charge in [-0.1, -0.05) is 12.1 Å². The van der Waals surface area contributed by atoms with Crippen LogP contribution in [0.3, 0.4) is 0 Å². The molecule has 2 bridgehead atoms. The van der Waals surface area contributed by atoms with Crippen LogP contribution in [0.5, 0.6) is 0 Å². The van der Waals surface area contributed by atoms with E-state index < -0.39 is 0 Å². The molecule has 0 spiro atoms. The van der Waals surface area contributed by atoms with Gasteiger partial charge in [0.1, 0.15) is 0 Å². The number of hydrogen-bond donors (Lipinski definition) is 1. The fraction of sp³-hybridized carbons (Fsp3) is 0.462. The second-order valence-electron chi connectivity index (χ2n) is 4.73. The van der Waals surface area contributed by atoms with Crippen molar-refractivity contribution >= 4 is 0 Å². The Balaban J connectivity index is 1.68. The van der Waals surface area contributed by atoms with Gasteiger partial charge in [-0.3, -0.25) is 4.90 Å². The zero-order valence-electron chi connectivity index (χ0n) is 9.19. The lowest BCUT2D eigenvalue weighted by Gasteiger charge is -2.27. The summed E-state index contributed by atoms with van der Waals surface area (Å²) < 4.78 is 0. The van der Waals surface area contributed by atoms with Crippen molar-refractivity contribution in [2.45, 2.75) is 25.0 Å². The van der Waals surface area contributed by atoms with Gasteiger partial charge in [-0.05, 0) is 24.1 Å². The van der Waals surface area contributed by atoms with Gasteiger partial charge in [0.05, 0.1) is 11.6 Å². The lowest BCUT2D eigenvalue weighted by atomic mass is 10.1. The summed E-state index contributed by atoms with van der Waals surface area (Å²) in [7, 11) is 0. The third-order valence-electron chi connectivity index (χ3n) is 3.64. The molecule has 2 atom stereocenters. The monoisotopic (exact) mass is 213 g/mol. The maximum absolute atomic E-state index is 8.73. The van der Waals surface area contributed by atoms with Gasteiger partial charge >= 0.3 is 0 Å². The molecule has 0 amide bonds. The van der Waals surface area contributed by atoms with Crippen molar-refractivity contribution in [1.82, 2.24) is 10.2 Å². The molecule has 3 nitrogen and oxygen atoms in total. The molecule has 16 heavy (non-hydrogen) atoms. The van der Waals surface area contributed by atoms with E-state index >= 15 is 0 Å². The van der Waals surface area contributed by atoms with Gasteiger partial charge in [-0.25, -0.2) is 0 Å². The molecule has 0 aliphatic carbocycles. The zero-order chi connectivity index (χ0) is 11.0. The molecular weight excluding hydrogens is 198 g/mol. The highest BCUT2D eigenvalue weighted by atomic mass is 15.3. The molecule has 3 rings (SSSR count). The summed E-state index contributed by atoms with van der Waals surface area (Å²) in [6.07, 6.45) is 1.30. The Labute approximate surface area is 95.7 Å². The van der Waals surface area contributed by atoms with Crippen molar-refractivity contribution < 1.29 is 0 Å². The summed E-state index contributed by atoms with van der Waals surface area (Å²) in [5.41, 5.74) is 2.06. The number of nitrogens with zero attached hydrogens (tertiary/aromatic N) is 2. The van der Waals surface area contributed by atoms with Crippen molar-refractivity contribution in [2.75, 3.05) is 13.1 Å². The van der Waals surface area contributed by atoms with Crippen LogP contribution in [-0.4, -0.2) is 30.1 Å². The van der Waals surface area contributed by atoms with Gasteiger partial charge in [0, 0.05) is 31.7 Å². The Morgan fingerprint density at radius 2 is 2.19 bits per heavy atom. The highest BCUT2D eigenvalue weighted by Crippen LogP contribution is 2.24. The second-order valence-corrected chi connectivity index (χ2v) is 4.73. The molecule has 1 aromatic rings. The molecule has 2 saturated heterocycles. The van der Waals surface area contributed by atoms with Crippen LogP contribution < -0.4 is 5.32 Å². The van der Waals surface area contributed by atoms with E-state index in [1.165, 1.54) is 18.5 Å². The van der Waals surface area contributed by atoms with Crippen molar-refractivity contribution in [3.63, 3.8) is 0 Å². The van der Waals surface area contributed by atoms with Crippen LogP contribution in [0.4, 0.5) is 0 Å². The summed E-state index contributed by atoms with van der Waals surface area (Å²) >= 11 is 0. The van der Waals surface area contributed by atoms with Crippen LogP contribution in [0.25, 0.3) is 0 Å². The quantitative estimate of drug-likeness (QED) is 0.799. The lowest BCUT2D eigenvalue weighted by molar-refractivity contribution is 0.218. The van der Waals surface area contributed by atoms with Gasteiger partial charge in [0.25, 0.3) is 0 Å². The van der Waals surface area contributed by atoms with Gasteiger partial charge in [0.2, 0.25) is 0 Å². The lowest BCUT2D eigenvalue weighted by Crippen LogP contribution is -2.42. The minimum atomic E-state index is 0.711. The average molecular weight is 213 g/mol. The van der Waals surface area contributed by atoms with Crippen molar-refractivity contribution in [1.29, 1.82) is 5.26 Å². The van der Waals surface area contributed by atoms with E-state index in [0.717, 1.165) is 24.7 Å². The third-order valence-corrected chi connectivity index (χ3v) is 3.64. The van der Waals surface area contributed by atoms with Gasteiger partial charge < -0.3 is 5.32 Å². The van der Waals surface area contributed by atoms with Gasteiger partial charge in [0.15, 0.2) is 0 Å². The first kappa shape index (κ1) is 9.83. The van der Waals surface area contributed by atoms with E-state index in [0.29, 0.717) is 6.04 Å². The van der Waals surface area contributed by atoms with Crippen LogP contribution in [0.1, 0.15) is 17.5 Å². The van der Waals surface area contributed by atoms with E-state index in [2.05, 4.69) is 28.4 Å². The maximum Gasteiger partial charge on any atom is 0.0991 e. The van der Waals surface area contributed by atoms with E-state index in [1.54, 1.807) is 0 Å². The van der Waals surface area contributed by atoms with Crippen LogP contribution in [0, 0.1) is 11.3 Å². The first-order valence-electron chi connectivity index (χ1n) is 5.81. The van der Waals surface area contributed by atoms with Crippen molar-refractivity contribution in [3.8, 4) is 6.07 Å². The second kappa shape index (κ2) is 3.89. The molecule has 2 heterocycles. The SMILES string of the molecule is N#Cc1ccc(CN2C[C@@H]3C[C@@H]2CN3)cc1. The van der Waals surface area contributed by atoms with E-state index in [-0.39, 0.29) is 0 Å². The standard InChI is InChI=1S/C13H15N3/c14-6-10-1-3-11(4-2-10)8-16-9-12-5-13(16)7-15-12/h1-4,12-13,15H,5,7-9H2/t12-,13+/m0/s1. The first-order valence-corrected chi connectivity index (χ1v) is 5.81. The molecule has 2 fully saturated rings. The largest absolute Gasteiger partial charge is 0.311 e. The van der Waals surface area contributed by atoms with E-state index in [1.807, 2.05) is 12.1 Å². The Kier molecular flexibility index (Phi) is 2.39. The first-order chi connectivity index (χ1) is 7.85. The van der Waals surface area contributed by atoms with E-state index in [9.17, 15) is 0 Å². The highest BCUT2D eigenvalue weighted by Gasteiger charge is 2.37. The Morgan fingerprint density at radius 1 is 1.38 bits per heavy atom. The predicted octanol–water partition coefficient (Wildman–Crippen LogP) is 1.10. The number of nitrogens with one attached hydrogen (secondary N) is 1. The summed E-state index contributed by atoms with van der Waals surface area (Å²) in [4.78, 5) is 2.54. The van der Waals surface area contributed by atoms with Crippen molar-refractivity contribution in [2.24, 2.45) is 0 Å². The Hall–Kier alpha value is -1.37.